The molecule has 0 saturated heterocycles. The van der Waals surface area contributed by atoms with Crippen molar-refractivity contribution < 1.29 is 0 Å². The maximum atomic E-state index is 6.19. The third kappa shape index (κ3) is 2.53. The molecular weight excluding hydrogens is 212 g/mol. The number of imidazole rings is 1. The molecule has 1 unspecified atom stereocenters. The van der Waals surface area contributed by atoms with E-state index in [0.717, 1.165) is 30.0 Å². The van der Waals surface area contributed by atoms with Crippen molar-refractivity contribution >= 4 is 0 Å². The molecule has 2 heterocycles. The predicted octanol–water partition coefficient (Wildman–Crippen LogP) is 1.85. The molecule has 17 heavy (non-hydrogen) atoms. The number of nitrogens with two attached hydrogens (primary N) is 1. The van der Waals surface area contributed by atoms with Gasteiger partial charge in [-0.25, -0.2) is 4.98 Å². The molecule has 2 rings (SSSR count). The number of hydrogen-bond acceptors (Lipinski definition) is 3. The first-order valence-electron chi connectivity index (χ1n) is 5.89. The summed E-state index contributed by atoms with van der Waals surface area (Å²) in [6, 6.07) is 3.87. The van der Waals surface area contributed by atoms with Crippen molar-refractivity contribution in [2.24, 2.45) is 5.73 Å². The Labute approximate surface area is 102 Å². The Morgan fingerprint density at radius 3 is 2.88 bits per heavy atom. The van der Waals surface area contributed by atoms with Crippen LogP contribution in [0.1, 0.15) is 30.0 Å². The van der Waals surface area contributed by atoms with E-state index in [-0.39, 0.29) is 6.04 Å². The van der Waals surface area contributed by atoms with E-state index in [4.69, 9.17) is 5.73 Å². The summed E-state index contributed by atoms with van der Waals surface area (Å²) in [6.45, 7) is 5.06. The summed E-state index contributed by atoms with van der Waals surface area (Å²) >= 11 is 0. The quantitative estimate of drug-likeness (QED) is 0.872. The van der Waals surface area contributed by atoms with Crippen molar-refractivity contribution in [2.45, 2.75) is 32.9 Å². The summed E-state index contributed by atoms with van der Waals surface area (Å²) in [5, 5.41) is 0. The van der Waals surface area contributed by atoms with Gasteiger partial charge in [-0.05, 0) is 25.5 Å². The maximum Gasteiger partial charge on any atom is 0.110 e. The van der Waals surface area contributed by atoms with Crippen LogP contribution in [0.2, 0.25) is 0 Å². The maximum absolute atomic E-state index is 6.19. The second-order valence-electron chi connectivity index (χ2n) is 4.15. The molecule has 4 nitrogen and oxygen atoms in total. The zero-order valence-electron chi connectivity index (χ0n) is 10.3. The first kappa shape index (κ1) is 11.8. The smallest absolute Gasteiger partial charge is 0.110 e. The van der Waals surface area contributed by atoms with Gasteiger partial charge in [0.05, 0.1) is 11.7 Å². The molecule has 0 radical (unpaired) electrons. The summed E-state index contributed by atoms with van der Waals surface area (Å²) in [5.41, 5.74) is 8.29. The van der Waals surface area contributed by atoms with Crippen LogP contribution < -0.4 is 5.73 Å². The minimum atomic E-state index is -0.0936. The highest BCUT2D eigenvalue weighted by Crippen LogP contribution is 2.16. The normalized spacial score (nSPS) is 12.6. The Morgan fingerprint density at radius 1 is 1.35 bits per heavy atom. The van der Waals surface area contributed by atoms with Crippen LogP contribution in [0, 0.1) is 6.92 Å². The lowest BCUT2D eigenvalue weighted by Gasteiger charge is -2.13. The average Bonchev–Trinajstić information content (AvgIpc) is 2.76. The molecule has 0 saturated carbocycles. The van der Waals surface area contributed by atoms with Gasteiger partial charge in [-0.1, -0.05) is 6.07 Å². The fourth-order valence-electron chi connectivity index (χ4n) is 2.00. The third-order valence-corrected chi connectivity index (χ3v) is 2.95. The summed E-state index contributed by atoms with van der Waals surface area (Å²) in [6.07, 6.45) is 6.30. The minimum Gasteiger partial charge on any atom is -0.335 e. The summed E-state index contributed by atoms with van der Waals surface area (Å²) < 4.78 is 2.11. The highest BCUT2D eigenvalue weighted by molar-refractivity contribution is 5.21. The van der Waals surface area contributed by atoms with Crippen LogP contribution in [0.5, 0.6) is 0 Å². The van der Waals surface area contributed by atoms with Crippen molar-refractivity contribution in [2.75, 3.05) is 0 Å². The minimum absolute atomic E-state index is 0.0936. The second kappa shape index (κ2) is 5.10. The molecule has 0 bridgehead atoms. The zero-order chi connectivity index (χ0) is 12.3. The van der Waals surface area contributed by atoms with Crippen LogP contribution in [0.15, 0.2) is 30.7 Å². The van der Waals surface area contributed by atoms with E-state index in [1.165, 1.54) is 0 Å². The first-order valence-corrected chi connectivity index (χ1v) is 5.89. The summed E-state index contributed by atoms with van der Waals surface area (Å²) in [7, 11) is 0. The first-order chi connectivity index (χ1) is 8.22. The molecule has 2 aromatic heterocycles. The van der Waals surface area contributed by atoms with Gasteiger partial charge in [0, 0.05) is 31.6 Å². The monoisotopic (exact) mass is 230 g/mol. The lowest BCUT2D eigenvalue weighted by Crippen LogP contribution is -2.18. The molecular formula is C13H18N4. The van der Waals surface area contributed by atoms with Crippen LogP contribution in [0.3, 0.4) is 0 Å². The second-order valence-corrected chi connectivity index (χ2v) is 4.15. The molecule has 2 aromatic rings. The van der Waals surface area contributed by atoms with E-state index in [1.54, 1.807) is 6.20 Å². The van der Waals surface area contributed by atoms with Crippen molar-refractivity contribution in [1.29, 1.82) is 0 Å². The van der Waals surface area contributed by atoms with E-state index in [2.05, 4.69) is 21.5 Å². The lowest BCUT2D eigenvalue weighted by atomic mass is 10.1. The van der Waals surface area contributed by atoms with Crippen LogP contribution in [0.4, 0.5) is 0 Å². The summed E-state index contributed by atoms with van der Waals surface area (Å²) in [5.74, 6) is 1.02. The van der Waals surface area contributed by atoms with Crippen molar-refractivity contribution in [3.8, 4) is 0 Å². The number of aromatic nitrogens is 3. The number of hydrogen-bond donors (Lipinski definition) is 1. The number of rotatable bonds is 4. The fourth-order valence-corrected chi connectivity index (χ4v) is 2.00. The highest BCUT2D eigenvalue weighted by Gasteiger charge is 2.13. The van der Waals surface area contributed by atoms with Gasteiger partial charge in [0.2, 0.25) is 0 Å². The molecule has 0 aliphatic carbocycles. The average molecular weight is 230 g/mol. The molecule has 0 aliphatic heterocycles. The van der Waals surface area contributed by atoms with Crippen LogP contribution in [-0.4, -0.2) is 14.5 Å². The number of nitrogens with zero attached hydrogens (tertiary/aromatic N) is 3. The van der Waals surface area contributed by atoms with Gasteiger partial charge < -0.3 is 10.3 Å². The van der Waals surface area contributed by atoms with Gasteiger partial charge in [-0.15, -0.1) is 0 Å². The highest BCUT2D eigenvalue weighted by atomic mass is 15.1. The number of pyridine rings is 1. The molecule has 4 heteroatoms. The van der Waals surface area contributed by atoms with Gasteiger partial charge in [-0.2, -0.15) is 0 Å². The van der Waals surface area contributed by atoms with E-state index < -0.39 is 0 Å². The van der Waals surface area contributed by atoms with E-state index in [1.807, 2.05) is 31.5 Å². The van der Waals surface area contributed by atoms with Crippen molar-refractivity contribution in [1.82, 2.24) is 14.5 Å². The zero-order valence-corrected chi connectivity index (χ0v) is 10.3. The lowest BCUT2D eigenvalue weighted by molar-refractivity contribution is 0.615. The van der Waals surface area contributed by atoms with Crippen molar-refractivity contribution in [3.05, 3.63) is 47.8 Å². The van der Waals surface area contributed by atoms with Crippen LogP contribution in [-0.2, 0) is 13.0 Å². The van der Waals surface area contributed by atoms with Crippen LogP contribution >= 0.6 is 0 Å². The predicted molar refractivity (Wildman–Crippen MR) is 67.5 cm³/mol. The van der Waals surface area contributed by atoms with Gasteiger partial charge in [-0.3, -0.25) is 4.98 Å². The number of aryl methyl sites for hydroxylation is 2. The largest absolute Gasteiger partial charge is 0.335 e. The topological polar surface area (TPSA) is 56.7 Å². The SMILES string of the molecule is CCn1ccnc1CC(N)c1ncccc1C. The van der Waals surface area contributed by atoms with Crippen molar-refractivity contribution in [3.63, 3.8) is 0 Å². The van der Waals surface area contributed by atoms with E-state index in [9.17, 15) is 0 Å². The molecule has 0 aromatic carbocycles. The Kier molecular flexibility index (Phi) is 3.54. The van der Waals surface area contributed by atoms with Gasteiger partial charge in [0.25, 0.3) is 0 Å². The Balaban J connectivity index is 2.17. The van der Waals surface area contributed by atoms with Crippen LogP contribution in [0.25, 0.3) is 0 Å². The Bertz CT molecular complexity index is 490. The molecule has 1 atom stereocenters. The standard InChI is InChI=1S/C13H18N4/c1-3-17-8-7-15-12(17)9-11(14)13-10(2)5-4-6-16-13/h4-8,11H,3,9,14H2,1-2H3. The molecule has 0 fully saturated rings. The van der Waals surface area contributed by atoms with E-state index in [0.29, 0.717) is 0 Å². The third-order valence-electron chi connectivity index (χ3n) is 2.95. The van der Waals surface area contributed by atoms with Gasteiger partial charge >= 0.3 is 0 Å². The Hall–Kier alpha value is -1.68. The summed E-state index contributed by atoms with van der Waals surface area (Å²) in [4.78, 5) is 8.69. The molecule has 2 N–H and O–H groups in total. The van der Waals surface area contributed by atoms with Gasteiger partial charge in [0.1, 0.15) is 5.82 Å². The molecule has 0 spiro atoms. The fraction of sp³-hybridized carbons (Fsp3) is 0.385. The molecule has 90 valence electrons. The van der Waals surface area contributed by atoms with E-state index >= 15 is 0 Å². The Morgan fingerprint density at radius 2 is 2.18 bits per heavy atom. The van der Waals surface area contributed by atoms with Gasteiger partial charge in [0.15, 0.2) is 0 Å². The molecule has 0 amide bonds. The molecule has 0 aliphatic rings.